The van der Waals surface area contributed by atoms with E-state index in [0.717, 1.165) is 15.6 Å². The number of carbonyl (C=O) groups excluding carboxylic acids is 1. The molecule has 2 aromatic carbocycles. The Morgan fingerprint density at radius 2 is 2.09 bits per heavy atom. The zero-order valence-corrected chi connectivity index (χ0v) is 13.8. The molecule has 0 aliphatic carbocycles. The molecule has 5 nitrogen and oxygen atoms in total. The van der Waals surface area contributed by atoms with Crippen LogP contribution >= 0.6 is 15.9 Å². The van der Waals surface area contributed by atoms with E-state index in [2.05, 4.69) is 15.9 Å². The van der Waals surface area contributed by atoms with E-state index in [4.69, 9.17) is 15.2 Å². The van der Waals surface area contributed by atoms with Gasteiger partial charge >= 0.3 is 5.97 Å². The van der Waals surface area contributed by atoms with Gasteiger partial charge in [0, 0.05) is 16.1 Å². The molecule has 2 aromatic rings. The Morgan fingerprint density at radius 1 is 1.30 bits per heavy atom. The number of phenolic OH excluding ortho intramolecular Hbond substituents is 1. The second kappa shape index (κ2) is 5.96. The number of rotatable bonds is 2. The number of fused-ring (bicyclic) bond motifs is 1. The molecule has 0 spiro atoms. The molecule has 1 atom stereocenters. The summed E-state index contributed by atoms with van der Waals surface area (Å²) in [5.74, 6) is -0.540. The number of hydrogen-bond donors (Lipinski definition) is 2. The van der Waals surface area contributed by atoms with Gasteiger partial charge in [0.25, 0.3) is 0 Å². The van der Waals surface area contributed by atoms with E-state index in [1.54, 1.807) is 12.1 Å². The van der Waals surface area contributed by atoms with Crippen molar-refractivity contribution in [2.45, 2.75) is 5.92 Å². The minimum atomic E-state index is -0.550. The zero-order valence-electron chi connectivity index (χ0n) is 12.2. The fourth-order valence-electron chi connectivity index (χ4n) is 2.68. The number of hydrogen-bond acceptors (Lipinski definition) is 5. The van der Waals surface area contributed by atoms with Crippen LogP contribution in [0.3, 0.4) is 0 Å². The molecule has 0 aromatic heterocycles. The fourth-order valence-corrected chi connectivity index (χ4v) is 3.10. The van der Waals surface area contributed by atoms with Gasteiger partial charge in [0.2, 0.25) is 5.88 Å². The normalized spacial score (nSPS) is 16.5. The molecule has 1 aliphatic heterocycles. The Balaban J connectivity index is 2.24. The molecule has 6 heteroatoms. The number of carbonyl (C=O) groups is 1. The summed E-state index contributed by atoms with van der Waals surface area (Å²) in [6.45, 7) is 0. The van der Waals surface area contributed by atoms with Crippen LogP contribution in [0.2, 0.25) is 0 Å². The predicted octanol–water partition coefficient (Wildman–Crippen LogP) is 3.02. The maximum Gasteiger partial charge on any atom is 0.340 e. The topological polar surface area (TPSA) is 81.8 Å². The van der Waals surface area contributed by atoms with Crippen LogP contribution in [-0.4, -0.2) is 18.2 Å². The van der Waals surface area contributed by atoms with Gasteiger partial charge in [-0.05, 0) is 23.8 Å². The maximum atomic E-state index is 12.2. The first kappa shape index (κ1) is 15.4. The lowest BCUT2D eigenvalue weighted by atomic mass is 9.83. The third kappa shape index (κ3) is 2.77. The molecule has 1 heterocycles. The van der Waals surface area contributed by atoms with Crippen molar-refractivity contribution in [1.82, 2.24) is 0 Å². The standard InChI is InChI=1S/C17H14BrNO4/c1-22-17(21)15-14(9-3-2-4-10(18)7-9)12-6-5-11(20)8-13(12)23-16(15)19/h2-8,14,20H,19H2,1H3. The summed E-state index contributed by atoms with van der Waals surface area (Å²) in [7, 11) is 1.30. The quantitative estimate of drug-likeness (QED) is 0.788. The second-order valence-electron chi connectivity index (χ2n) is 5.08. The van der Waals surface area contributed by atoms with Crippen molar-refractivity contribution in [3.8, 4) is 11.5 Å². The number of methoxy groups -OCH3 is 1. The smallest absolute Gasteiger partial charge is 0.340 e. The van der Waals surface area contributed by atoms with E-state index >= 15 is 0 Å². The molecule has 3 rings (SSSR count). The molecule has 0 radical (unpaired) electrons. The predicted molar refractivity (Wildman–Crippen MR) is 87.9 cm³/mol. The highest BCUT2D eigenvalue weighted by Crippen LogP contribution is 2.44. The number of phenols is 1. The summed E-state index contributed by atoms with van der Waals surface area (Å²) in [6, 6.07) is 12.3. The highest BCUT2D eigenvalue weighted by molar-refractivity contribution is 9.10. The largest absolute Gasteiger partial charge is 0.508 e. The monoisotopic (exact) mass is 375 g/mol. The Morgan fingerprint density at radius 3 is 2.78 bits per heavy atom. The van der Waals surface area contributed by atoms with E-state index in [1.165, 1.54) is 13.2 Å². The molecule has 118 valence electrons. The minimum Gasteiger partial charge on any atom is -0.508 e. The summed E-state index contributed by atoms with van der Waals surface area (Å²) in [6.07, 6.45) is 0. The van der Waals surface area contributed by atoms with Crippen molar-refractivity contribution in [2.75, 3.05) is 7.11 Å². The summed E-state index contributed by atoms with van der Waals surface area (Å²) < 4.78 is 11.3. The summed E-state index contributed by atoms with van der Waals surface area (Å²) in [5.41, 5.74) is 7.78. The van der Waals surface area contributed by atoms with E-state index in [0.29, 0.717) is 5.75 Å². The van der Waals surface area contributed by atoms with Crippen LogP contribution < -0.4 is 10.5 Å². The number of halogens is 1. The van der Waals surface area contributed by atoms with Gasteiger partial charge in [-0.3, -0.25) is 0 Å². The van der Waals surface area contributed by atoms with Crippen LogP contribution in [0, 0.1) is 0 Å². The molecule has 0 bridgehead atoms. The average Bonchev–Trinajstić information content (AvgIpc) is 2.52. The lowest BCUT2D eigenvalue weighted by molar-refractivity contribution is -0.136. The molecule has 0 fully saturated rings. The summed E-state index contributed by atoms with van der Waals surface area (Å²) in [5, 5.41) is 9.66. The van der Waals surface area contributed by atoms with Gasteiger partial charge in [-0.25, -0.2) is 4.79 Å². The number of ether oxygens (including phenoxy) is 2. The molecule has 3 N–H and O–H groups in total. The van der Waals surface area contributed by atoms with Gasteiger partial charge in [0.1, 0.15) is 17.1 Å². The Labute approximate surface area is 141 Å². The van der Waals surface area contributed by atoms with Gasteiger partial charge in [-0.15, -0.1) is 0 Å². The average molecular weight is 376 g/mol. The van der Waals surface area contributed by atoms with Gasteiger partial charge in [0.15, 0.2) is 0 Å². The van der Waals surface area contributed by atoms with Crippen LogP contribution in [0.1, 0.15) is 17.0 Å². The Hall–Kier alpha value is -2.47. The van der Waals surface area contributed by atoms with Gasteiger partial charge in [0.05, 0.1) is 13.0 Å². The van der Waals surface area contributed by atoms with Crippen molar-refractivity contribution < 1.29 is 19.4 Å². The van der Waals surface area contributed by atoms with Crippen molar-refractivity contribution >= 4 is 21.9 Å². The first-order valence-corrected chi connectivity index (χ1v) is 7.64. The SMILES string of the molecule is COC(=O)C1=C(N)Oc2cc(O)ccc2C1c1cccc(Br)c1. The zero-order chi connectivity index (χ0) is 16.6. The third-order valence-electron chi connectivity index (χ3n) is 3.67. The molecule has 0 amide bonds. The maximum absolute atomic E-state index is 12.2. The van der Waals surface area contributed by atoms with Crippen molar-refractivity contribution in [3.63, 3.8) is 0 Å². The molecular formula is C17H14BrNO4. The van der Waals surface area contributed by atoms with Gasteiger partial charge in [-0.2, -0.15) is 0 Å². The van der Waals surface area contributed by atoms with Gasteiger partial charge in [-0.1, -0.05) is 34.1 Å². The second-order valence-corrected chi connectivity index (χ2v) is 6.00. The fraction of sp³-hybridized carbons (Fsp3) is 0.118. The molecule has 0 saturated heterocycles. The van der Waals surface area contributed by atoms with Crippen LogP contribution in [0.5, 0.6) is 11.5 Å². The van der Waals surface area contributed by atoms with Crippen molar-refractivity contribution in [3.05, 3.63) is 69.5 Å². The molecular weight excluding hydrogens is 362 g/mol. The van der Waals surface area contributed by atoms with Gasteiger partial charge < -0.3 is 20.3 Å². The molecule has 23 heavy (non-hydrogen) atoms. The van der Waals surface area contributed by atoms with Crippen molar-refractivity contribution in [1.29, 1.82) is 0 Å². The lowest BCUT2D eigenvalue weighted by Crippen LogP contribution is -2.26. The minimum absolute atomic E-state index is 0.0278. The molecule has 1 aliphatic rings. The first-order chi connectivity index (χ1) is 11.0. The van der Waals surface area contributed by atoms with Crippen molar-refractivity contribution in [2.24, 2.45) is 5.73 Å². The molecule has 1 unspecified atom stereocenters. The first-order valence-electron chi connectivity index (χ1n) is 6.85. The number of benzene rings is 2. The Kier molecular flexibility index (Phi) is 4.00. The third-order valence-corrected chi connectivity index (χ3v) is 4.16. The number of esters is 1. The number of nitrogens with two attached hydrogens (primary N) is 1. The summed E-state index contributed by atoms with van der Waals surface area (Å²) >= 11 is 3.43. The van der Waals surface area contributed by atoms with Crippen LogP contribution in [-0.2, 0) is 9.53 Å². The van der Waals surface area contributed by atoms with Crippen LogP contribution in [0.15, 0.2) is 58.4 Å². The van der Waals surface area contributed by atoms with E-state index in [9.17, 15) is 9.90 Å². The van der Waals surface area contributed by atoms with E-state index in [1.807, 2.05) is 24.3 Å². The van der Waals surface area contributed by atoms with Crippen LogP contribution in [0.4, 0.5) is 0 Å². The Bertz CT molecular complexity index is 816. The lowest BCUT2D eigenvalue weighted by Gasteiger charge is -2.28. The van der Waals surface area contributed by atoms with Crippen LogP contribution in [0.25, 0.3) is 0 Å². The van der Waals surface area contributed by atoms with E-state index < -0.39 is 11.9 Å². The number of aromatic hydroxyl groups is 1. The molecule has 0 saturated carbocycles. The van der Waals surface area contributed by atoms with E-state index in [-0.39, 0.29) is 17.2 Å². The summed E-state index contributed by atoms with van der Waals surface area (Å²) in [4.78, 5) is 12.2. The highest BCUT2D eigenvalue weighted by Gasteiger charge is 2.35. The highest BCUT2D eigenvalue weighted by atomic mass is 79.9.